The average molecular weight is 359 g/mol. The molecule has 0 spiro atoms. The van der Waals surface area contributed by atoms with E-state index in [0.717, 1.165) is 6.42 Å². The molecule has 0 atom stereocenters. The van der Waals surface area contributed by atoms with Crippen LogP contribution in [0.15, 0.2) is 12.1 Å². The Morgan fingerprint density at radius 2 is 1.88 bits per heavy atom. The lowest BCUT2D eigenvalue weighted by atomic mass is 10.2. The van der Waals surface area contributed by atoms with Crippen LogP contribution in [0.1, 0.15) is 44.5 Å². The summed E-state index contributed by atoms with van der Waals surface area (Å²) in [4.78, 5) is 23.5. The molecule has 0 amide bonds. The Hall–Kier alpha value is -1.95. The van der Waals surface area contributed by atoms with Crippen LogP contribution in [0.3, 0.4) is 0 Å². The predicted octanol–water partition coefficient (Wildman–Crippen LogP) is 3.64. The maximum absolute atomic E-state index is 12.1. The minimum atomic E-state index is -0.694. The van der Waals surface area contributed by atoms with Crippen molar-refractivity contribution in [2.75, 3.05) is 19.8 Å². The monoisotopic (exact) mass is 358 g/mol. The van der Waals surface area contributed by atoms with Crippen molar-refractivity contribution < 1.29 is 28.5 Å². The van der Waals surface area contributed by atoms with Crippen molar-refractivity contribution in [2.45, 2.75) is 40.2 Å². The highest BCUT2D eigenvalue weighted by Crippen LogP contribution is 2.37. The number of benzene rings is 1. The molecular weight excluding hydrogens is 336 g/mol. The Morgan fingerprint density at radius 3 is 2.46 bits per heavy atom. The third kappa shape index (κ3) is 6.28. The molecule has 1 aromatic carbocycles. The van der Waals surface area contributed by atoms with E-state index in [2.05, 4.69) is 0 Å². The zero-order valence-corrected chi connectivity index (χ0v) is 15.1. The van der Waals surface area contributed by atoms with Gasteiger partial charge in [-0.3, -0.25) is 0 Å². The van der Waals surface area contributed by atoms with Gasteiger partial charge in [-0.2, -0.15) is 0 Å². The second kappa shape index (κ2) is 10.0. The largest absolute Gasteiger partial charge is 0.490 e. The summed E-state index contributed by atoms with van der Waals surface area (Å²) in [7, 11) is 0. The van der Waals surface area contributed by atoms with Gasteiger partial charge < -0.3 is 18.9 Å². The van der Waals surface area contributed by atoms with Crippen LogP contribution in [-0.4, -0.2) is 37.9 Å². The number of hydrogen-bond donors (Lipinski definition) is 0. The molecule has 0 heterocycles. The Morgan fingerprint density at radius 1 is 1.17 bits per heavy atom. The molecule has 0 fully saturated rings. The van der Waals surface area contributed by atoms with Crippen LogP contribution in [0.5, 0.6) is 11.5 Å². The molecule has 0 N–H and O–H groups in total. The van der Waals surface area contributed by atoms with Crippen molar-refractivity contribution in [3.63, 3.8) is 0 Å². The fourth-order valence-corrected chi connectivity index (χ4v) is 2.06. The van der Waals surface area contributed by atoms with E-state index >= 15 is 0 Å². The molecule has 1 aromatic rings. The van der Waals surface area contributed by atoms with Crippen LogP contribution in [0.2, 0.25) is 5.02 Å². The number of halogens is 1. The Kier molecular flexibility index (Phi) is 8.40. The summed E-state index contributed by atoms with van der Waals surface area (Å²) in [6.07, 6.45) is 0.536. The van der Waals surface area contributed by atoms with Gasteiger partial charge in [0.05, 0.1) is 29.9 Å². The number of rotatable bonds is 9. The lowest BCUT2D eigenvalue weighted by Gasteiger charge is -2.14. The lowest BCUT2D eigenvalue weighted by molar-refractivity contribution is -0.150. The van der Waals surface area contributed by atoms with E-state index in [4.69, 9.17) is 30.5 Å². The molecule has 0 saturated heterocycles. The number of carbonyl (C=O) groups is 2. The summed E-state index contributed by atoms with van der Waals surface area (Å²) in [6.45, 7) is 7.60. The van der Waals surface area contributed by atoms with E-state index in [-0.39, 0.29) is 16.7 Å². The molecular formula is C17H23ClO6. The van der Waals surface area contributed by atoms with Gasteiger partial charge in [-0.25, -0.2) is 9.59 Å². The lowest BCUT2D eigenvalue weighted by Crippen LogP contribution is -2.19. The van der Waals surface area contributed by atoms with E-state index in [9.17, 15) is 9.59 Å². The van der Waals surface area contributed by atoms with Gasteiger partial charge in [-0.1, -0.05) is 18.5 Å². The fourth-order valence-electron chi connectivity index (χ4n) is 1.80. The summed E-state index contributed by atoms with van der Waals surface area (Å²) >= 11 is 6.18. The average Bonchev–Trinajstić information content (AvgIpc) is 2.51. The molecule has 0 aliphatic heterocycles. The van der Waals surface area contributed by atoms with Crippen molar-refractivity contribution in [2.24, 2.45) is 0 Å². The highest BCUT2D eigenvalue weighted by atomic mass is 35.5. The van der Waals surface area contributed by atoms with Crippen LogP contribution in [-0.2, 0) is 14.3 Å². The van der Waals surface area contributed by atoms with Gasteiger partial charge in [0.25, 0.3) is 0 Å². The van der Waals surface area contributed by atoms with E-state index in [1.807, 2.05) is 13.8 Å². The first-order chi connectivity index (χ1) is 11.4. The summed E-state index contributed by atoms with van der Waals surface area (Å²) < 4.78 is 20.9. The third-order valence-electron chi connectivity index (χ3n) is 2.68. The molecule has 0 unspecified atom stereocenters. The standard InChI is InChI=1S/C17H23ClO6/c1-5-7-22-16-13(18)8-12(9-14(16)21-6-2)17(20)23-10-15(19)24-11(3)4/h8-9,11H,5-7,10H2,1-4H3. The van der Waals surface area contributed by atoms with Gasteiger partial charge in [-0.15, -0.1) is 0 Å². The summed E-state index contributed by atoms with van der Waals surface area (Å²) in [5, 5.41) is 0.242. The second-order valence-electron chi connectivity index (χ2n) is 5.18. The summed E-state index contributed by atoms with van der Waals surface area (Å²) in [6, 6.07) is 2.90. The van der Waals surface area contributed by atoms with Crippen LogP contribution < -0.4 is 9.47 Å². The van der Waals surface area contributed by atoms with Crippen LogP contribution in [0.4, 0.5) is 0 Å². The molecule has 0 aliphatic carbocycles. The first-order valence-electron chi connectivity index (χ1n) is 7.84. The van der Waals surface area contributed by atoms with E-state index < -0.39 is 18.5 Å². The molecule has 134 valence electrons. The minimum absolute atomic E-state index is 0.171. The zero-order chi connectivity index (χ0) is 18.1. The van der Waals surface area contributed by atoms with Gasteiger partial charge in [0.2, 0.25) is 0 Å². The normalized spacial score (nSPS) is 10.4. The highest BCUT2D eigenvalue weighted by molar-refractivity contribution is 6.32. The van der Waals surface area contributed by atoms with E-state index in [1.165, 1.54) is 12.1 Å². The van der Waals surface area contributed by atoms with Gasteiger partial charge >= 0.3 is 11.9 Å². The van der Waals surface area contributed by atoms with Gasteiger partial charge in [0.15, 0.2) is 18.1 Å². The van der Waals surface area contributed by atoms with E-state index in [0.29, 0.717) is 24.7 Å². The molecule has 0 aliphatic rings. The molecule has 24 heavy (non-hydrogen) atoms. The fraction of sp³-hybridized carbons (Fsp3) is 0.529. The number of carbonyl (C=O) groups excluding carboxylic acids is 2. The van der Waals surface area contributed by atoms with Crippen molar-refractivity contribution >= 4 is 23.5 Å². The minimum Gasteiger partial charge on any atom is -0.490 e. The topological polar surface area (TPSA) is 71.1 Å². The summed E-state index contributed by atoms with van der Waals surface area (Å²) in [5.74, 6) is -0.565. The van der Waals surface area contributed by atoms with Crippen LogP contribution in [0, 0.1) is 0 Å². The molecule has 0 radical (unpaired) electrons. The third-order valence-corrected chi connectivity index (χ3v) is 2.96. The van der Waals surface area contributed by atoms with Gasteiger partial charge in [-0.05, 0) is 39.3 Å². The number of hydrogen-bond acceptors (Lipinski definition) is 6. The summed E-state index contributed by atoms with van der Waals surface area (Å²) in [5.41, 5.74) is 0.171. The molecule has 0 bridgehead atoms. The highest BCUT2D eigenvalue weighted by Gasteiger charge is 2.18. The molecule has 6 nitrogen and oxygen atoms in total. The smallest absolute Gasteiger partial charge is 0.344 e. The quantitative estimate of drug-likeness (QED) is 0.628. The van der Waals surface area contributed by atoms with Crippen LogP contribution >= 0.6 is 11.6 Å². The van der Waals surface area contributed by atoms with Crippen molar-refractivity contribution in [3.05, 3.63) is 22.7 Å². The van der Waals surface area contributed by atoms with Gasteiger partial charge in [0.1, 0.15) is 0 Å². The van der Waals surface area contributed by atoms with Crippen molar-refractivity contribution in [1.29, 1.82) is 0 Å². The maximum Gasteiger partial charge on any atom is 0.344 e. The van der Waals surface area contributed by atoms with Crippen LogP contribution in [0.25, 0.3) is 0 Å². The number of esters is 2. The molecule has 1 rings (SSSR count). The van der Waals surface area contributed by atoms with Crippen molar-refractivity contribution in [1.82, 2.24) is 0 Å². The Bertz CT molecular complexity index is 570. The maximum atomic E-state index is 12.1. The van der Waals surface area contributed by atoms with E-state index in [1.54, 1.807) is 13.8 Å². The Balaban J connectivity index is 2.87. The SMILES string of the molecule is CCCOc1c(Cl)cc(C(=O)OCC(=O)OC(C)C)cc1OCC. The molecule has 0 saturated carbocycles. The first kappa shape index (κ1) is 20.1. The van der Waals surface area contributed by atoms with Gasteiger partial charge in [0, 0.05) is 0 Å². The Labute approximate surface area is 147 Å². The van der Waals surface area contributed by atoms with Crippen molar-refractivity contribution in [3.8, 4) is 11.5 Å². The second-order valence-corrected chi connectivity index (χ2v) is 5.59. The zero-order valence-electron chi connectivity index (χ0n) is 14.4. The molecule has 0 aromatic heterocycles. The number of ether oxygens (including phenoxy) is 4. The first-order valence-corrected chi connectivity index (χ1v) is 8.22. The predicted molar refractivity (Wildman–Crippen MR) is 89.9 cm³/mol. The molecule has 7 heteroatoms.